The average molecular weight is 336 g/mol. The second-order valence-electron chi connectivity index (χ2n) is 6.05. The summed E-state index contributed by atoms with van der Waals surface area (Å²) >= 11 is 0. The Labute approximate surface area is 145 Å². The lowest BCUT2D eigenvalue weighted by Gasteiger charge is -2.29. The Kier molecular flexibility index (Phi) is 3.64. The van der Waals surface area contributed by atoms with Gasteiger partial charge >= 0.3 is 0 Å². The minimum atomic E-state index is -1.20. The highest BCUT2D eigenvalue weighted by atomic mass is 19.1. The summed E-state index contributed by atoms with van der Waals surface area (Å²) in [6.45, 7) is 2.23. The first-order valence-corrected chi connectivity index (χ1v) is 8.23. The van der Waals surface area contributed by atoms with E-state index in [0.717, 1.165) is 12.0 Å². The van der Waals surface area contributed by atoms with Crippen LogP contribution < -0.4 is 5.32 Å². The number of nitrogens with zero attached hydrogens (tertiary/aromatic N) is 1. The van der Waals surface area contributed by atoms with Crippen LogP contribution in [0, 0.1) is 5.82 Å². The van der Waals surface area contributed by atoms with Gasteiger partial charge in [-0.05, 0) is 24.1 Å². The molecule has 0 spiro atoms. The summed E-state index contributed by atoms with van der Waals surface area (Å²) in [4.78, 5) is 16.4. The van der Waals surface area contributed by atoms with Crippen LogP contribution in [0.25, 0.3) is 0 Å². The van der Waals surface area contributed by atoms with E-state index in [1.807, 2.05) is 24.3 Å². The molecule has 0 bridgehead atoms. The van der Waals surface area contributed by atoms with Crippen molar-refractivity contribution < 1.29 is 13.9 Å². The van der Waals surface area contributed by atoms with E-state index in [9.17, 15) is 9.18 Å². The summed E-state index contributed by atoms with van der Waals surface area (Å²) in [5.74, 6) is -0.390. The van der Waals surface area contributed by atoms with E-state index in [4.69, 9.17) is 4.74 Å². The van der Waals surface area contributed by atoms with Crippen molar-refractivity contribution in [1.29, 1.82) is 0 Å². The van der Waals surface area contributed by atoms with Crippen LogP contribution in [0.5, 0.6) is 0 Å². The second kappa shape index (κ2) is 5.84. The monoisotopic (exact) mass is 336 g/mol. The Morgan fingerprint density at radius 1 is 1.20 bits per heavy atom. The molecule has 25 heavy (non-hydrogen) atoms. The average Bonchev–Trinajstić information content (AvgIpc) is 3.04. The number of aliphatic imine (C=N–C) groups is 1. The summed E-state index contributed by atoms with van der Waals surface area (Å²) in [6, 6.07) is 14.3. The quantitative estimate of drug-likeness (QED) is 0.936. The topological polar surface area (TPSA) is 50.7 Å². The number of rotatable bonds is 3. The van der Waals surface area contributed by atoms with E-state index in [-0.39, 0.29) is 18.5 Å². The lowest BCUT2D eigenvalue weighted by Crippen LogP contribution is -2.33. The normalized spacial score (nSPS) is 21.8. The van der Waals surface area contributed by atoms with Gasteiger partial charge in [-0.25, -0.2) is 9.38 Å². The maximum absolute atomic E-state index is 14.6. The van der Waals surface area contributed by atoms with Crippen LogP contribution in [0.2, 0.25) is 0 Å². The Bertz CT molecular complexity index is 902. The van der Waals surface area contributed by atoms with E-state index in [1.54, 1.807) is 24.3 Å². The van der Waals surface area contributed by atoms with Gasteiger partial charge in [0.15, 0.2) is 5.60 Å². The van der Waals surface area contributed by atoms with Crippen molar-refractivity contribution in [2.45, 2.75) is 18.9 Å². The van der Waals surface area contributed by atoms with Gasteiger partial charge in [0, 0.05) is 11.1 Å². The molecular formula is C20H17FN2O2. The highest BCUT2D eigenvalue weighted by molar-refractivity contribution is 6.21. The summed E-state index contributed by atoms with van der Waals surface area (Å²) in [5.41, 5.74) is 1.43. The first-order chi connectivity index (χ1) is 12.1. The highest BCUT2D eigenvalue weighted by Gasteiger charge is 2.46. The highest BCUT2D eigenvalue weighted by Crippen LogP contribution is 2.43. The predicted molar refractivity (Wildman–Crippen MR) is 92.6 cm³/mol. The Morgan fingerprint density at radius 3 is 2.64 bits per heavy atom. The van der Waals surface area contributed by atoms with Crippen LogP contribution >= 0.6 is 0 Å². The van der Waals surface area contributed by atoms with Crippen LogP contribution in [0.1, 0.15) is 23.6 Å². The fraction of sp³-hybridized carbons (Fsp3) is 0.200. The molecule has 4 rings (SSSR count). The molecule has 1 amide bonds. The van der Waals surface area contributed by atoms with Crippen LogP contribution in [0.3, 0.4) is 0 Å². The summed E-state index contributed by atoms with van der Waals surface area (Å²) in [7, 11) is 0. The largest absolute Gasteiger partial charge is 0.456 e. The number of benzene rings is 2. The van der Waals surface area contributed by atoms with Gasteiger partial charge in [0.25, 0.3) is 5.91 Å². The van der Waals surface area contributed by atoms with Gasteiger partial charge < -0.3 is 10.1 Å². The van der Waals surface area contributed by atoms with Crippen molar-refractivity contribution in [2.24, 2.45) is 4.99 Å². The molecule has 2 aliphatic rings. The molecule has 0 saturated heterocycles. The third kappa shape index (κ3) is 2.43. The molecule has 0 saturated carbocycles. The Morgan fingerprint density at radius 2 is 1.96 bits per heavy atom. The van der Waals surface area contributed by atoms with Gasteiger partial charge in [-0.1, -0.05) is 49.4 Å². The minimum absolute atomic E-state index is 0.160. The molecule has 2 aromatic rings. The number of hydrogen-bond donors (Lipinski definition) is 1. The summed E-state index contributed by atoms with van der Waals surface area (Å²) in [6.07, 6.45) is 2.57. The first kappa shape index (κ1) is 15.6. The number of hydrogen-bond acceptors (Lipinski definition) is 3. The number of carbonyl (C=O) groups is 1. The van der Waals surface area contributed by atoms with Gasteiger partial charge in [-0.15, -0.1) is 0 Å². The molecule has 2 aromatic carbocycles. The zero-order chi connectivity index (χ0) is 17.4. The van der Waals surface area contributed by atoms with Crippen LogP contribution in [0.15, 0.2) is 65.2 Å². The summed E-state index contributed by atoms with van der Waals surface area (Å²) in [5, 5.41) is 2.66. The summed E-state index contributed by atoms with van der Waals surface area (Å²) < 4.78 is 20.7. The maximum Gasteiger partial charge on any atom is 0.258 e. The van der Waals surface area contributed by atoms with Crippen molar-refractivity contribution in [3.8, 4) is 0 Å². The number of fused-ring (bicyclic) bond motifs is 1. The van der Waals surface area contributed by atoms with Crippen LogP contribution in [0.4, 0.5) is 4.39 Å². The fourth-order valence-electron chi connectivity index (χ4n) is 3.24. The van der Waals surface area contributed by atoms with E-state index >= 15 is 0 Å². The molecule has 0 aromatic heterocycles. The van der Waals surface area contributed by atoms with E-state index in [1.165, 1.54) is 11.6 Å². The third-order valence-electron chi connectivity index (χ3n) is 4.61. The van der Waals surface area contributed by atoms with Gasteiger partial charge in [-0.2, -0.15) is 0 Å². The molecule has 1 N–H and O–H groups in total. The first-order valence-electron chi connectivity index (χ1n) is 8.23. The molecule has 2 heterocycles. The molecule has 1 atom stereocenters. The van der Waals surface area contributed by atoms with Crippen LogP contribution in [-0.2, 0) is 21.6 Å². The van der Waals surface area contributed by atoms with E-state index < -0.39 is 11.4 Å². The molecule has 1 unspecified atom stereocenters. The molecule has 0 radical (unpaired) electrons. The molecule has 2 aliphatic heterocycles. The fourth-order valence-corrected chi connectivity index (χ4v) is 3.24. The number of aryl methyl sites for hydroxylation is 1. The molecule has 0 fully saturated rings. The number of amides is 1. The lowest BCUT2D eigenvalue weighted by molar-refractivity contribution is -0.117. The predicted octanol–water partition coefficient (Wildman–Crippen LogP) is 3.07. The minimum Gasteiger partial charge on any atom is -0.456 e. The molecule has 4 nitrogen and oxygen atoms in total. The van der Waals surface area contributed by atoms with Crippen LogP contribution in [-0.4, -0.2) is 18.5 Å². The van der Waals surface area contributed by atoms with Crippen molar-refractivity contribution in [3.63, 3.8) is 0 Å². The Hall–Kier alpha value is -2.95. The third-order valence-corrected chi connectivity index (χ3v) is 4.61. The maximum atomic E-state index is 14.6. The Balaban J connectivity index is 1.94. The van der Waals surface area contributed by atoms with Crippen molar-refractivity contribution in [1.82, 2.24) is 5.32 Å². The standard InChI is InChI=1S/C20H17FN2O2/c1-2-13-7-9-14(10-8-13)20(16-5-3-4-6-17(16)21)11-15-18(24)22-12-23-19(15)25-20/h3-11H,2,12H2,1H3,(H,22,24). The van der Waals surface area contributed by atoms with Gasteiger partial charge in [0.2, 0.25) is 5.90 Å². The SMILES string of the molecule is CCc1ccc(C2(c3ccccc3F)C=C3C(=O)NCN=C3O2)cc1. The number of carbonyl (C=O) groups excluding carboxylic acids is 1. The molecule has 5 heteroatoms. The number of halogens is 1. The van der Waals surface area contributed by atoms with Gasteiger partial charge in [0.1, 0.15) is 18.1 Å². The second-order valence-corrected chi connectivity index (χ2v) is 6.05. The molecular weight excluding hydrogens is 319 g/mol. The zero-order valence-corrected chi connectivity index (χ0v) is 13.8. The van der Waals surface area contributed by atoms with E-state index in [2.05, 4.69) is 17.2 Å². The number of ether oxygens (including phenoxy) is 1. The van der Waals surface area contributed by atoms with Crippen molar-refractivity contribution in [3.05, 3.63) is 82.7 Å². The zero-order valence-electron chi connectivity index (χ0n) is 13.8. The smallest absolute Gasteiger partial charge is 0.258 e. The number of nitrogens with one attached hydrogen (secondary N) is 1. The van der Waals surface area contributed by atoms with E-state index in [0.29, 0.717) is 11.1 Å². The van der Waals surface area contributed by atoms with Crippen molar-refractivity contribution >= 4 is 11.8 Å². The molecule has 126 valence electrons. The van der Waals surface area contributed by atoms with Gasteiger partial charge in [0.05, 0.1) is 0 Å². The van der Waals surface area contributed by atoms with Gasteiger partial charge in [-0.3, -0.25) is 4.79 Å². The van der Waals surface area contributed by atoms with Crippen molar-refractivity contribution in [2.75, 3.05) is 6.67 Å². The molecule has 0 aliphatic carbocycles. The lowest BCUT2D eigenvalue weighted by atomic mass is 9.85.